The van der Waals surface area contributed by atoms with Gasteiger partial charge in [0.05, 0.1) is 5.60 Å². The van der Waals surface area contributed by atoms with Crippen LogP contribution in [0, 0.1) is 0 Å². The number of aliphatic hydroxyl groups is 1. The van der Waals surface area contributed by atoms with Gasteiger partial charge in [-0.3, -0.25) is 0 Å². The molecule has 0 amide bonds. The molecule has 0 aliphatic carbocycles. The number of hydrogen-bond acceptors (Lipinski definition) is 1. The van der Waals surface area contributed by atoms with Crippen molar-refractivity contribution in [3.05, 3.63) is 0 Å². The van der Waals surface area contributed by atoms with E-state index in [-0.39, 0.29) is 5.60 Å². The van der Waals surface area contributed by atoms with Crippen molar-refractivity contribution in [3.63, 3.8) is 0 Å². The van der Waals surface area contributed by atoms with Crippen LogP contribution < -0.4 is 0 Å². The van der Waals surface area contributed by atoms with Gasteiger partial charge in [0.25, 0.3) is 0 Å². The van der Waals surface area contributed by atoms with Crippen LogP contribution >= 0.6 is 0 Å². The van der Waals surface area contributed by atoms with E-state index < -0.39 is 0 Å². The van der Waals surface area contributed by atoms with Gasteiger partial charge < -0.3 is 5.11 Å². The summed E-state index contributed by atoms with van der Waals surface area (Å²) in [5, 5.41) is 11.2. The van der Waals surface area contributed by atoms with E-state index in [4.69, 9.17) is 0 Å². The average molecular weight is 355 g/mol. The van der Waals surface area contributed by atoms with Crippen LogP contribution in [0.3, 0.4) is 0 Å². The molecule has 0 saturated heterocycles. The molecule has 0 saturated carbocycles. The molecule has 1 heteroatoms. The molecule has 0 aromatic carbocycles. The lowest BCUT2D eigenvalue weighted by Crippen LogP contribution is -2.28. The maximum Gasteiger partial charge on any atom is 0.0647 e. The summed E-state index contributed by atoms with van der Waals surface area (Å²) in [6.45, 7) is 6.82. The molecule has 0 radical (unpaired) electrons. The van der Waals surface area contributed by atoms with Crippen molar-refractivity contribution in [3.8, 4) is 0 Å². The van der Waals surface area contributed by atoms with Gasteiger partial charge in [-0.25, -0.2) is 0 Å². The van der Waals surface area contributed by atoms with E-state index in [1.807, 2.05) is 0 Å². The molecule has 0 bridgehead atoms. The standard InChI is InChI=1S/C24H50O/c1-4-7-10-13-16-19-22-24(25,21-18-15-12-9-6-3)23-20-17-14-11-8-5-2/h25H,4-23H2,1-3H3. The van der Waals surface area contributed by atoms with Crippen molar-refractivity contribution >= 4 is 0 Å². The van der Waals surface area contributed by atoms with Gasteiger partial charge in [-0.05, 0) is 19.3 Å². The topological polar surface area (TPSA) is 20.2 Å². The van der Waals surface area contributed by atoms with E-state index in [1.165, 1.54) is 109 Å². The highest BCUT2D eigenvalue weighted by atomic mass is 16.3. The molecule has 0 unspecified atom stereocenters. The minimum Gasteiger partial charge on any atom is -0.390 e. The Bertz CT molecular complexity index is 232. The highest BCUT2D eigenvalue weighted by Crippen LogP contribution is 2.29. The van der Waals surface area contributed by atoms with E-state index in [2.05, 4.69) is 20.8 Å². The Labute approximate surface area is 160 Å². The first-order valence-corrected chi connectivity index (χ1v) is 11.9. The summed E-state index contributed by atoms with van der Waals surface area (Å²) >= 11 is 0. The molecular weight excluding hydrogens is 304 g/mol. The minimum atomic E-state index is -0.359. The van der Waals surface area contributed by atoms with E-state index >= 15 is 0 Å². The first-order valence-electron chi connectivity index (χ1n) is 11.9. The predicted molar refractivity (Wildman–Crippen MR) is 114 cm³/mol. The molecule has 152 valence electrons. The van der Waals surface area contributed by atoms with Gasteiger partial charge in [0, 0.05) is 0 Å². The Kier molecular flexibility index (Phi) is 18.7. The fraction of sp³-hybridized carbons (Fsp3) is 1.00. The second kappa shape index (κ2) is 18.7. The third kappa shape index (κ3) is 17.1. The van der Waals surface area contributed by atoms with Crippen LogP contribution in [0.2, 0.25) is 0 Å². The van der Waals surface area contributed by atoms with Gasteiger partial charge in [0.15, 0.2) is 0 Å². The second-order valence-corrected chi connectivity index (χ2v) is 8.42. The third-order valence-electron chi connectivity index (χ3n) is 5.74. The number of unbranched alkanes of at least 4 members (excludes halogenated alkanes) is 14. The second-order valence-electron chi connectivity index (χ2n) is 8.42. The zero-order valence-corrected chi connectivity index (χ0v) is 18.1. The average Bonchev–Trinajstić information content (AvgIpc) is 2.61. The summed E-state index contributed by atoms with van der Waals surface area (Å²) in [5.41, 5.74) is -0.359. The van der Waals surface area contributed by atoms with Crippen LogP contribution in [0.4, 0.5) is 0 Å². The van der Waals surface area contributed by atoms with Crippen molar-refractivity contribution in [2.24, 2.45) is 0 Å². The molecule has 0 rings (SSSR count). The molecule has 0 aromatic heterocycles. The zero-order chi connectivity index (χ0) is 18.6. The van der Waals surface area contributed by atoms with E-state index in [1.54, 1.807) is 0 Å². The Balaban J connectivity index is 4.01. The third-order valence-corrected chi connectivity index (χ3v) is 5.74. The maximum absolute atomic E-state index is 11.2. The quantitative estimate of drug-likeness (QED) is 0.217. The summed E-state index contributed by atoms with van der Waals surface area (Å²) in [6, 6.07) is 0. The van der Waals surface area contributed by atoms with Gasteiger partial charge in [0.2, 0.25) is 0 Å². The van der Waals surface area contributed by atoms with Gasteiger partial charge >= 0.3 is 0 Å². The van der Waals surface area contributed by atoms with Gasteiger partial charge in [0.1, 0.15) is 0 Å². The largest absolute Gasteiger partial charge is 0.390 e. The van der Waals surface area contributed by atoms with E-state index in [0.29, 0.717) is 0 Å². The molecule has 0 spiro atoms. The molecule has 25 heavy (non-hydrogen) atoms. The van der Waals surface area contributed by atoms with Crippen LogP contribution in [0.15, 0.2) is 0 Å². The lowest BCUT2D eigenvalue weighted by molar-refractivity contribution is 0.00705. The fourth-order valence-electron chi connectivity index (χ4n) is 3.90. The molecular formula is C24H50O. The lowest BCUT2D eigenvalue weighted by Gasteiger charge is -2.29. The van der Waals surface area contributed by atoms with Gasteiger partial charge in [-0.15, -0.1) is 0 Å². The minimum absolute atomic E-state index is 0.359. The molecule has 0 aromatic rings. The summed E-state index contributed by atoms with van der Waals surface area (Å²) < 4.78 is 0. The molecule has 1 N–H and O–H groups in total. The number of rotatable bonds is 20. The number of hydrogen-bond donors (Lipinski definition) is 1. The Morgan fingerprint density at radius 1 is 0.400 bits per heavy atom. The van der Waals surface area contributed by atoms with Crippen molar-refractivity contribution < 1.29 is 5.11 Å². The lowest BCUT2D eigenvalue weighted by atomic mass is 9.85. The normalized spacial score (nSPS) is 12.0. The monoisotopic (exact) mass is 354 g/mol. The highest BCUT2D eigenvalue weighted by molar-refractivity contribution is 4.78. The molecule has 0 aliphatic heterocycles. The Morgan fingerprint density at radius 2 is 0.640 bits per heavy atom. The summed E-state index contributed by atoms with van der Waals surface area (Å²) in [7, 11) is 0. The van der Waals surface area contributed by atoms with E-state index in [9.17, 15) is 5.11 Å². The molecule has 0 fully saturated rings. The van der Waals surface area contributed by atoms with Crippen LogP contribution in [0.25, 0.3) is 0 Å². The van der Waals surface area contributed by atoms with Crippen molar-refractivity contribution in [1.82, 2.24) is 0 Å². The predicted octanol–water partition coefficient (Wildman–Crippen LogP) is 8.58. The van der Waals surface area contributed by atoms with Crippen LogP contribution in [0.1, 0.15) is 149 Å². The fourth-order valence-corrected chi connectivity index (χ4v) is 3.90. The summed E-state index contributed by atoms with van der Waals surface area (Å²) in [5.74, 6) is 0. The first-order chi connectivity index (χ1) is 12.2. The van der Waals surface area contributed by atoms with Crippen molar-refractivity contribution in [2.75, 3.05) is 0 Å². The summed E-state index contributed by atoms with van der Waals surface area (Å²) in [6.07, 6.45) is 25.6. The molecule has 0 heterocycles. The van der Waals surface area contributed by atoms with E-state index in [0.717, 1.165) is 19.3 Å². The SMILES string of the molecule is CCCCCCCCC(O)(CCCCCCC)CCCCCCCC. The van der Waals surface area contributed by atoms with Crippen LogP contribution in [-0.4, -0.2) is 10.7 Å². The zero-order valence-electron chi connectivity index (χ0n) is 18.1. The van der Waals surface area contributed by atoms with Gasteiger partial charge in [-0.2, -0.15) is 0 Å². The smallest absolute Gasteiger partial charge is 0.0647 e. The van der Waals surface area contributed by atoms with Gasteiger partial charge in [-0.1, -0.05) is 130 Å². The highest BCUT2D eigenvalue weighted by Gasteiger charge is 2.25. The van der Waals surface area contributed by atoms with Crippen LogP contribution in [-0.2, 0) is 0 Å². The Morgan fingerprint density at radius 3 is 0.920 bits per heavy atom. The molecule has 0 atom stereocenters. The first kappa shape index (κ1) is 25.0. The maximum atomic E-state index is 11.2. The molecule has 1 nitrogen and oxygen atoms in total. The summed E-state index contributed by atoms with van der Waals surface area (Å²) in [4.78, 5) is 0. The Hall–Kier alpha value is -0.0400. The van der Waals surface area contributed by atoms with Crippen molar-refractivity contribution in [2.45, 2.75) is 155 Å². The van der Waals surface area contributed by atoms with Crippen molar-refractivity contribution in [1.29, 1.82) is 0 Å². The molecule has 0 aliphatic rings. The van der Waals surface area contributed by atoms with Crippen LogP contribution in [0.5, 0.6) is 0 Å².